The molecule has 25 heavy (non-hydrogen) atoms. The lowest BCUT2D eigenvalue weighted by Crippen LogP contribution is -2.18. The van der Waals surface area contributed by atoms with Crippen molar-refractivity contribution in [2.45, 2.75) is 6.42 Å². The molecular weight excluding hydrogens is 405 g/mol. The van der Waals surface area contributed by atoms with Crippen molar-refractivity contribution < 1.29 is 14.4 Å². The summed E-state index contributed by atoms with van der Waals surface area (Å²) < 4.78 is 0. The number of aromatic nitrogens is 1. The zero-order valence-corrected chi connectivity index (χ0v) is 15.5. The van der Waals surface area contributed by atoms with Gasteiger partial charge < -0.3 is 0 Å². The Balaban J connectivity index is 1.65. The van der Waals surface area contributed by atoms with E-state index >= 15 is 0 Å². The van der Waals surface area contributed by atoms with Crippen molar-refractivity contribution >= 4 is 68.5 Å². The average molecular weight is 414 g/mol. The molecule has 0 saturated carbocycles. The van der Waals surface area contributed by atoms with Crippen LogP contribution in [0.25, 0.3) is 0 Å². The summed E-state index contributed by atoms with van der Waals surface area (Å²) >= 11 is 14.0. The second-order valence-electron chi connectivity index (χ2n) is 4.89. The van der Waals surface area contributed by atoms with Gasteiger partial charge in [0.15, 0.2) is 5.13 Å². The SMILES string of the molecule is O=C(C=C1SC(=O)NC1=O)Nc1ncc(Cc2ccc(Cl)cc2Cl)s1. The maximum atomic E-state index is 11.9. The molecule has 3 amide bonds. The van der Waals surface area contributed by atoms with Gasteiger partial charge >= 0.3 is 0 Å². The van der Waals surface area contributed by atoms with Crippen molar-refractivity contribution in [3.8, 4) is 0 Å². The molecule has 1 saturated heterocycles. The first-order valence-corrected chi connectivity index (χ1v) is 9.24. The van der Waals surface area contributed by atoms with E-state index in [0.717, 1.165) is 16.5 Å². The summed E-state index contributed by atoms with van der Waals surface area (Å²) in [5, 5.41) is 5.65. The lowest BCUT2D eigenvalue weighted by atomic mass is 10.1. The minimum Gasteiger partial charge on any atom is -0.298 e. The Bertz CT molecular complexity index is 911. The third-order valence-electron chi connectivity index (χ3n) is 3.07. The van der Waals surface area contributed by atoms with Crippen LogP contribution in [0.2, 0.25) is 10.0 Å². The average Bonchev–Trinajstić information content (AvgIpc) is 3.08. The van der Waals surface area contributed by atoms with Gasteiger partial charge in [-0.15, -0.1) is 11.3 Å². The van der Waals surface area contributed by atoms with Crippen LogP contribution in [0.4, 0.5) is 9.93 Å². The summed E-state index contributed by atoms with van der Waals surface area (Å²) in [6.07, 6.45) is 3.26. The molecule has 0 atom stereocenters. The third-order valence-corrected chi connectivity index (χ3v) is 5.38. The quantitative estimate of drug-likeness (QED) is 0.743. The van der Waals surface area contributed by atoms with Gasteiger partial charge in [-0.2, -0.15) is 0 Å². The number of nitrogens with one attached hydrogen (secondary N) is 2. The van der Waals surface area contributed by atoms with Crippen LogP contribution < -0.4 is 10.6 Å². The fraction of sp³-hybridized carbons (Fsp3) is 0.0667. The van der Waals surface area contributed by atoms with Crippen molar-refractivity contribution in [1.29, 1.82) is 0 Å². The van der Waals surface area contributed by atoms with E-state index in [4.69, 9.17) is 23.2 Å². The maximum absolute atomic E-state index is 11.9. The molecule has 1 fully saturated rings. The number of amides is 3. The molecule has 1 aliphatic rings. The number of carbonyl (C=O) groups excluding carboxylic acids is 3. The second-order valence-corrected chi connectivity index (χ2v) is 7.86. The fourth-order valence-corrected chi connectivity index (χ4v) is 3.95. The summed E-state index contributed by atoms with van der Waals surface area (Å²) in [4.78, 5) is 39.4. The summed E-state index contributed by atoms with van der Waals surface area (Å²) in [5.74, 6) is -1.11. The van der Waals surface area contributed by atoms with Gasteiger partial charge in [-0.1, -0.05) is 29.3 Å². The van der Waals surface area contributed by atoms with E-state index in [1.54, 1.807) is 18.3 Å². The molecule has 0 aliphatic carbocycles. The Hall–Kier alpha value is -1.87. The number of halogens is 2. The normalized spacial score (nSPS) is 15.5. The van der Waals surface area contributed by atoms with Crippen molar-refractivity contribution in [3.63, 3.8) is 0 Å². The molecule has 1 aromatic carbocycles. The van der Waals surface area contributed by atoms with Crippen LogP contribution in [0.5, 0.6) is 0 Å². The van der Waals surface area contributed by atoms with Gasteiger partial charge in [0.05, 0.1) is 4.91 Å². The number of imide groups is 1. The third kappa shape index (κ3) is 4.60. The van der Waals surface area contributed by atoms with Gasteiger partial charge in [-0.3, -0.25) is 25.0 Å². The minimum atomic E-state index is -0.581. The van der Waals surface area contributed by atoms with Gasteiger partial charge in [-0.05, 0) is 29.5 Å². The van der Waals surface area contributed by atoms with Crippen LogP contribution in [0.15, 0.2) is 35.4 Å². The second kappa shape index (κ2) is 7.57. The van der Waals surface area contributed by atoms with E-state index in [0.29, 0.717) is 33.4 Å². The number of thioether (sulfide) groups is 1. The Morgan fingerprint density at radius 2 is 2.12 bits per heavy atom. The maximum Gasteiger partial charge on any atom is 0.290 e. The predicted octanol–water partition coefficient (Wildman–Crippen LogP) is 3.85. The highest BCUT2D eigenvalue weighted by Gasteiger charge is 2.26. The predicted molar refractivity (Wildman–Crippen MR) is 99.2 cm³/mol. The van der Waals surface area contributed by atoms with Gasteiger partial charge in [0.25, 0.3) is 17.1 Å². The topological polar surface area (TPSA) is 88.2 Å². The van der Waals surface area contributed by atoms with E-state index in [2.05, 4.69) is 15.6 Å². The molecule has 10 heteroatoms. The Kier molecular flexibility index (Phi) is 5.43. The summed E-state index contributed by atoms with van der Waals surface area (Å²) in [6.45, 7) is 0. The van der Waals surface area contributed by atoms with Crippen LogP contribution in [0.3, 0.4) is 0 Å². The monoisotopic (exact) mass is 413 g/mol. The molecule has 1 aromatic heterocycles. The highest BCUT2D eigenvalue weighted by atomic mass is 35.5. The lowest BCUT2D eigenvalue weighted by Gasteiger charge is -2.02. The van der Waals surface area contributed by atoms with E-state index < -0.39 is 17.1 Å². The molecule has 1 aliphatic heterocycles. The van der Waals surface area contributed by atoms with Gasteiger partial charge in [0.1, 0.15) is 0 Å². The molecular formula is C15H9Cl2N3O3S2. The molecule has 0 bridgehead atoms. The van der Waals surface area contributed by atoms with E-state index in [1.807, 2.05) is 6.07 Å². The van der Waals surface area contributed by atoms with Crippen molar-refractivity contribution in [3.05, 3.63) is 55.9 Å². The van der Waals surface area contributed by atoms with Gasteiger partial charge in [0, 0.05) is 33.6 Å². The van der Waals surface area contributed by atoms with Crippen LogP contribution in [-0.4, -0.2) is 22.0 Å². The summed E-state index contributed by atoms with van der Waals surface area (Å²) in [7, 11) is 0. The number of carbonyl (C=O) groups is 3. The first kappa shape index (κ1) is 17.9. The highest BCUT2D eigenvalue weighted by Crippen LogP contribution is 2.27. The Morgan fingerprint density at radius 3 is 2.80 bits per heavy atom. The number of rotatable bonds is 4. The first-order valence-electron chi connectivity index (χ1n) is 6.85. The van der Waals surface area contributed by atoms with E-state index in [-0.39, 0.29) is 4.91 Å². The number of hydrogen-bond donors (Lipinski definition) is 2. The number of benzene rings is 1. The molecule has 0 spiro atoms. The highest BCUT2D eigenvalue weighted by molar-refractivity contribution is 8.18. The van der Waals surface area contributed by atoms with Crippen LogP contribution >= 0.6 is 46.3 Å². The summed E-state index contributed by atoms with van der Waals surface area (Å²) in [5.41, 5.74) is 0.896. The van der Waals surface area contributed by atoms with Crippen molar-refractivity contribution in [1.82, 2.24) is 10.3 Å². The summed E-state index contributed by atoms with van der Waals surface area (Å²) in [6, 6.07) is 5.25. The van der Waals surface area contributed by atoms with Crippen LogP contribution in [0.1, 0.15) is 10.4 Å². The largest absolute Gasteiger partial charge is 0.298 e. The minimum absolute atomic E-state index is 0.0484. The molecule has 0 radical (unpaired) electrons. The number of hydrogen-bond acceptors (Lipinski definition) is 6. The first-order chi connectivity index (χ1) is 11.9. The van der Waals surface area contributed by atoms with Crippen LogP contribution in [-0.2, 0) is 16.0 Å². The molecule has 128 valence electrons. The molecule has 0 unspecified atom stereocenters. The van der Waals surface area contributed by atoms with Crippen LogP contribution in [0, 0.1) is 0 Å². The van der Waals surface area contributed by atoms with Gasteiger partial charge in [0.2, 0.25) is 0 Å². The zero-order valence-electron chi connectivity index (χ0n) is 12.3. The molecule has 3 rings (SSSR count). The van der Waals surface area contributed by atoms with E-state index in [9.17, 15) is 14.4 Å². The van der Waals surface area contributed by atoms with Crippen molar-refractivity contribution in [2.75, 3.05) is 5.32 Å². The number of anilines is 1. The molecule has 2 N–H and O–H groups in total. The molecule has 6 nitrogen and oxygen atoms in total. The lowest BCUT2D eigenvalue weighted by molar-refractivity contribution is -0.116. The Morgan fingerprint density at radius 1 is 1.32 bits per heavy atom. The fourth-order valence-electron chi connectivity index (χ4n) is 1.98. The van der Waals surface area contributed by atoms with E-state index in [1.165, 1.54) is 11.3 Å². The smallest absolute Gasteiger partial charge is 0.290 e. The molecule has 2 aromatic rings. The van der Waals surface area contributed by atoms with Gasteiger partial charge in [-0.25, -0.2) is 4.98 Å². The van der Waals surface area contributed by atoms with Crippen molar-refractivity contribution in [2.24, 2.45) is 0 Å². The standard InChI is InChI=1S/C15H9Cl2N3O3S2/c16-8-2-1-7(10(17)4-8)3-9-6-18-14(24-9)19-12(21)5-11-13(22)20-15(23)25-11/h1-2,4-6H,3H2,(H,18,19,21)(H,20,22,23). The Labute approximate surface area is 160 Å². The number of nitrogens with zero attached hydrogens (tertiary/aromatic N) is 1. The molecule has 2 heterocycles. The number of thiazole rings is 1. The zero-order chi connectivity index (χ0) is 18.0.